The third-order valence-corrected chi connectivity index (χ3v) is 7.18. The quantitative estimate of drug-likeness (QED) is 0.249. The van der Waals surface area contributed by atoms with E-state index in [0.717, 1.165) is 45.2 Å². The molecule has 4 heteroatoms. The first-order chi connectivity index (χ1) is 17.4. The van der Waals surface area contributed by atoms with Gasteiger partial charge in [-0.25, -0.2) is 4.79 Å². The molecule has 4 aromatic carbocycles. The third kappa shape index (κ3) is 3.79. The van der Waals surface area contributed by atoms with E-state index in [1.165, 1.54) is 0 Å². The zero-order valence-electron chi connectivity index (χ0n) is 20.4. The number of hydrogen-bond acceptors (Lipinski definition) is 4. The molecular weight excluding hydrogens is 446 g/mol. The summed E-state index contributed by atoms with van der Waals surface area (Å²) in [4.78, 5) is 26.6. The number of ether oxygens (including phenoxy) is 1. The van der Waals surface area contributed by atoms with Crippen LogP contribution in [0.3, 0.4) is 0 Å². The molecule has 6 rings (SSSR count). The summed E-state index contributed by atoms with van der Waals surface area (Å²) in [5.41, 5.74) is 5.10. The minimum Gasteiger partial charge on any atom is -0.423 e. The third-order valence-electron chi connectivity index (χ3n) is 7.18. The van der Waals surface area contributed by atoms with Crippen LogP contribution in [0.4, 0.5) is 5.69 Å². The fourth-order valence-electron chi connectivity index (χ4n) is 5.62. The molecule has 1 N–H and O–H groups in total. The van der Waals surface area contributed by atoms with Gasteiger partial charge in [-0.05, 0) is 52.4 Å². The van der Waals surface area contributed by atoms with Gasteiger partial charge in [0, 0.05) is 28.8 Å². The fraction of sp³-hybridized carbons (Fsp3) is 0.188. The Morgan fingerprint density at radius 3 is 2.42 bits per heavy atom. The van der Waals surface area contributed by atoms with Gasteiger partial charge in [0.2, 0.25) is 0 Å². The Morgan fingerprint density at radius 1 is 0.861 bits per heavy atom. The summed E-state index contributed by atoms with van der Waals surface area (Å²) in [6.45, 7) is 4.32. The molecule has 0 radical (unpaired) electrons. The van der Waals surface area contributed by atoms with Crippen LogP contribution < -0.4 is 10.1 Å². The van der Waals surface area contributed by atoms with Crippen molar-refractivity contribution in [1.29, 1.82) is 0 Å². The van der Waals surface area contributed by atoms with Crippen molar-refractivity contribution in [2.75, 3.05) is 5.32 Å². The largest absolute Gasteiger partial charge is 0.423 e. The average Bonchev–Trinajstić information content (AvgIpc) is 2.88. The number of ketones is 1. The molecule has 1 atom stereocenters. The van der Waals surface area contributed by atoms with Gasteiger partial charge < -0.3 is 10.1 Å². The number of allylic oxidation sites excluding steroid dienone is 1. The molecule has 0 aromatic heterocycles. The van der Waals surface area contributed by atoms with Crippen molar-refractivity contribution in [1.82, 2.24) is 0 Å². The van der Waals surface area contributed by atoms with E-state index in [2.05, 4.69) is 43.4 Å². The van der Waals surface area contributed by atoms with Gasteiger partial charge in [0.15, 0.2) is 5.78 Å². The van der Waals surface area contributed by atoms with Gasteiger partial charge in [-0.3, -0.25) is 4.79 Å². The van der Waals surface area contributed by atoms with Gasteiger partial charge in [0.25, 0.3) is 0 Å². The number of benzene rings is 4. The predicted molar refractivity (Wildman–Crippen MR) is 143 cm³/mol. The van der Waals surface area contributed by atoms with Crippen molar-refractivity contribution >= 4 is 33.8 Å². The van der Waals surface area contributed by atoms with E-state index in [1.54, 1.807) is 18.2 Å². The van der Waals surface area contributed by atoms with Gasteiger partial charge in [-0.2, -0.15) is 0 Å². The Balaban J connectivity index is 1.51. The maximum absolute atomic E-state index is 13.7. The van der Waals surface area contributed by atoms with E-state index in [-0.39, 0.29) is 11.2 Å². The first-order valence-electron chi connectivity index (χ1n) is 12.3. The molecule has 0 saturated heterocycles. The van der Waals surface area contributed by atoms with Gasteiger partial charge >= 0.3 is 5.97 Å². The van der Waals surface area contributed by atoms with Gasteiger partial charge in [0.05, 0.1) is 11.6 Å². The Morgan fingerprint density at radius 2 is 1.58 bits per heavy atom. The van der Waals surface area contributed by atoms with Gasteiger partial charge in [0.1, 0.15) is 5.75 Å². The second kappa shape index (κ2) is 8.49. The van der Waals surface area contributed by atoms with Crippen LogP contribution in [0.2, 0.25) is 0 Å². The second-order valence-corrected chi connectivity index (χ2v) is 10.4. The van der Waals surface area contributed by atoms with Crippen molar-refractivity contribution < 1.29 is 14.3 Å². The minimum atomic E-state index is -0.421. The average molecular weight is 474 g/mol. The number of rotatable bonds is 3. The summed E-state index contributed by atoms with van der Waals surface area (Å²) in [7, 11) is 0. The molecule has 1 aliphatic heterocycles. The van der Waals surface area contributed by atoms with Crippen LogP contribution in [-0.2, 0) is 4.79 Å². The summed E-state index contributed by atoms with van der Waals surface area (Å²) in [6, 6.07) is 28.6. The second-order valence-electron chi connectivity index (χ2n) is 10.4. The minimum absolute atomic E-state index is 0.134. The number of nitrogens with one attached hydrogen (secondary N) is 1. The van der Waals surface area contributed by atoms with Crippen molar-refractivity contribution in [2.45, 2.75) is 32.7 Å². The number of Topliss-reactive ketones (excluding diaryl/α,β-unsaturated/α-hetero) is 1. The number of hydrogen-bond donors (Lipinski definition) is 1. The highest BCUT2D eigenvalue weighted by molar-refractivity contribution is 6.13. The molecule has 0 saturated carbocycles. The number of carbonyl (C=O) groups excluding carboxylic acids is 2. The molecule has 1 unspecified atom stereocenters. The van der Waals surface area contributed by atoms with E-state index >= 15 is 0 Å². The monoisotopic (exact) mass is 473 g/mol. The Bertz CT molecular complexity index is 1550. The number of para-hydroxylation sites is 1. The molecule has 36 heavy (non-hydrogen) atoms. The molecule has 178 valence electrons. The molecule has 2 aliphatic rings. The SMILES string of the molecule is CC1(C)CC(=O)C2=C(C1)c1c(ccc3ccccc13)NC2c1ccccc1OC(=O)c1ccccc1. The molecule has 4 aromatic rings. The van der Waals surface area contributed by atoms with Crippen molar-refractivity contribution in [3.8, 4) is 5.75 Å². The molecule has 1 heterocycles. The van der Waals surface area contributed by atoms with Crippen LogP contribution in [-0.4, -0.2) is 11.8 Å². The van der Waals surface area contributed by atoms with Gasteiger partial charge in [-0.1, -0.05) is 80.6 Å². The summed E-state index contributed by atoms with van der Waals surface area (Å²) in [5.74, 6) is 0.176. The van der Waals surface area contributed by atoms with Crippen LogP contribution in [0.15, 0.2) is 96.6 Å². The van der Waals surface area contributed by atoms with Crippen LogP contribution in [0.1, 0.15) is 54.2 Å². The van der Waals surface area contributed by atoms with Gasteiger partial charge in [-0.15, -0.1) is 0 Å². The zero-order valence-corrected chi connectivity index (χ0v) is 20.4. The Kier molecular flexibility index (Phi) is 5.26. The maximum Gasteiger partial charge on any atom is 0.343 e. The molecule has 0 amide bonds. The van der Waals surface area contributed by atoms with E-state index in [4.69, 9.17) is 4.74 Å². The van der Waals surface area contributed by atoms with E-state index in [0.29, 0.717) is 17.7 Å². The summed E-state index contributed by atoms with van der Waals surface area (Å²) in [6.07, 6.45) is 1.29. The van der Waals surface area contributed by atoms with Crippen LogP contribution in [0, 0.1) is 5.41 Å². The zero-order chi connectivity index (χ0) is 24.9. The highest BCUT2D eigenvalue weighted by atomic mass is 16.5. The number of anilines is 1. The lowest BCUT2D eigenvalue weighted by molar-refractivity contribution is -0.118. The summed E-state index contributed by atoms with van der Waals surface area (Å²) < 4.78 is 5.89. The Hall–Kier alpha value is -4.18. The van der Waals surface area contributed by atoms with Crippen molar-refractivity contribution in [3.05, 3.63) is 113 Å². The number of carbonyl (C=O) groups is 2. The van der Waals surface area contributed by atoms with Crippen LogP contribution in [0.25, 0.3) is 16.3 Å². The van der Waals surface area contributed by atoms with E-state index in [1.807, 2.05) is 48.5 Å². The van der Waals surface area contributed by atoms with Crippen molar-refractivity contribution in [3.63, 3.8) is 0 Å². The lowest BCUT2D eigenvalue weighted by atomic mass is 9.68. The smallest absolute Gasteiger partial charge is 0.343 e. The van der Waals surface area contributed by atoms with Crippen LogP contribution in [0.5, 0.6) is 5.75 Å². The number of fused-ring (bicyclic) bond motifs is 4. The first-order valence-corrected chi connectivity index (χ1v) is 12.3. The topological polar surface area (TPSA) is 55.4 Å². The lowest BCUT2D eigenvalue weighted by Gasteiger charge is -2.40. The summed E-state index contributed by atoms with van der Waals surface area (Å²) in [5, 5.41) is 5.94. The molecule has 4 nitrogen and oxygen atoms in total. The van der Waals surface area contributed by atoms with Crippen LogP contribution >= 0.6 is 0 Å². The highest BCUT2D eigenvalue weighted by Crippen LogP contribution is 2.52. The molecular formula is C32H27NO3. The van der Waals surface area contributed by atoms with E-state index in [9.17, 15) is 9.59 Å². The predicted octanol–water partition coefficient (Wildman–Crippen LogP) is 7.37. The van der Waals surface area contributed by atoms with E-state index < -0.39 is 12.0 Å². The maximum atomic E-state index is 13.7. The number of esters is 1. The molecule has 0 fully saturated rings. The summed E-state index contributed by atoms with van der Waals surface area (Å²) >= 11 is 0. The Labute approximate surface area is 210 Å². The highest BCUT2D eigenvalue weighted by Gasteiger charge is 2.41. The fourth-order valence-corrected chi connectivity index (χ4v) is 5.62. The molecule has 0 bridgehead atoms. The normalized spacial score (nSPS) is 18.3. The first kappa shape index (κ1) is 22.3. The van der Waals surface area contributed by atoms with Crippen molar-refractivity contribution in [2.24, 2.45) is 5.41 Å². The standard InChI is InChI=1S/C32H27NO3/c1-32(2)18-24-28-22-13-7-6-10-20(22)16-17-25(28)33-30(29(24)26(34)19-32)23-14-8-9-15-27(23)36-31(35)21-11-4-3-5-12-21/h3-17,30,33H,18-19H2,1-2H3. The molecule has 0 spiro atoms. The molecule has 1 aliphatic carbocycles. The lowest BCUT2D eigenvalue weighted by Crippen LogP contribution is -2.33.